The summed E-state index contributed by atoms with van der Waals surface area (Å²) in [5.74, 6) is 0. The number of rotatable bonds is 2. The second kappa shape index (κ2) is 4.32. The molecule has 0 spiro atoms. The van der Waals surface area contributed by atoms with Crippen LogP contribution in [0.1, 0.15) is 24.8 Å². The average Bonchev–Trinajstić information content (AvgIpc) is 2.41. The van der Waals surface area contributed by atoms with Gasteiger partial charge in [0.1, 0.15) is 11.9 Å². The maximum atomic E-state index is 11.3. The van der Waals surface area contributed by atoms with Crippen LogP contribution in [-0.4, -0.2) is 17.7 Å². The average molecular weight is 330 g/mol. The summed E-state index contributed by atoms with van der Waals surface area (Å²) >= 11 is 9.65. The standard InChI is InChI=1S/C14H14BrClO2/c15-12-7-13(8-17)5-6-14(12,18-9-13)10-1-3-11(16)4-2-10/h1-4,8,12H,5-7,9H2. The molecule has 3 unspecified atom stereocenters. The zero-order valence-electron chi connectivity index (χ0n) is 9.86. The molecule has 2 saturated heterocycles. The maximum Gasteiger partial charge on any atom is 0.128 e. The highest BCUT2D eigenvalue weighted by atomic mass is 79.9. The van der Waals surface area contributed by atoms with Crippen molar-refractivity contribution >= 4 is 33.8 Å². The first-order chi connectivity index (χ1) is 8.60. The van der Waals surface area contributed by atoms with Crippen LogP contribution in [-0.2, 0) is 15.1 Å². The Bertz CT molecular complexity index is 463. The zero-order valence-corrected chi connectivity index (χ0v) is 12.2. The third-order valence-electron chi connectivity index (χ3n) is 4.29. The van der Waals surface area contributed by atoms with Crippen molar-refractivity contribution in [2.75, 3.05) is 6.61 Å². The van der Waals surface area contributed by atoms with Crippen LogP contribution < -0.4 is 0 Å². The molecular weight excluding hydrogens is 316 g/mol. The topological polar surface area (TPSA) is 26.3 Å². The molecule has 0 aromatic heterocycles. The summed E-state index contributed by atoms with van der Waals surface area (Å²) in [7, 11) is 0. The van der Waals surface area contributed by atoms with Crippen molar-refractivity contribution in [3.63, 3.8) is 0 Å². The van der Waals surface area contributed by atoms with Gasteiger partial charge >= 0.3 is 0 Å². The molecule has 4 heteroatoms. The second-order valence-corrected chi connectivity index (χ2v) is 6.88. The first-order valence-corrected chi connectivity index (χ1v) is 7.40. The van der Waals surface area contributed by atoms with Gasteiger partial charge in [-0.05, 0) is 37.0 Å². The Labute approximate surface area is 120 Å². The van der Waals surface area contributed by atoms with E-state index < -0.39 is 0 Å². The molecule has 3 atom stereocenters. The van der Waals surface area contributed by atoms with Crippen molar-refractivity contribution in [2.24, 2.45) is 5.41 Å². The molecule has 96 valence electrons. The normalized spacial score (nSPS) is 38.7. The quantitative estimate of drug-likeness (QED) is 0.611. The minimum absolute atomic E-state index is 0.180. The van der Waals surface area contributed by atoms with Gasteiger partial charge in [0, 0.05) is 9.85 Å². The summed E-state index contributed by atoms with van der Waals surface area (Å²) < 4.78 is 6.08. The molecule has 2 aliphatic heterocycles. The van der Waals surface area contributed by atoms with Gasteiger partial charge in [-0.2, -0.15) is 0 Å². The summed E-state index contributed by atoms with van der Waals surface area (Å²) in [6.45, 7) is 0.529. The van der Waals surface area contributed by atoms with Crippen molar-refractivity contribution < 1.29 is 9.53 Å². The number of halogens is 2. The predicted octanol–water partition coefficient (Wildman–Crippen LogP) is 3.70. The van der Waals surface area contributed by atoms with Crippen LogP contribution in [0.15, 0.2) is 24.3 Å². The van der Waals surface area contributed by atoms with Crippen LogP contribution in [0, 0.1) is 5.41 Å². The Morgan fingerprint density at radius 1 is 1.33 bits per heavy atom. The number of carbonyl (C=O) groups excluding carboxylic acids is 1. The van der Waals surface area contributed by atoms with Crippen LogP contribution in [0.3, 0.4) is 0 Å². The number of ether oxygens (including phenoxy) is 1. The summed E-state index contributed by atoms with van der Waals surface area (Å²) in [5, 5.41) is 0.732. The number of benzene rings is 1. The fourth-order valence-corrected chi connectivity index (χ4v) is 4.46. The molecule has 18 heavy (non-hydrogen) atoms. The van der Waals surface area contributed by atoms with Gasteiger partial charge < -0.3 is 9.53 Å². The molecular formula is C14H14BrClO2. The zero-order chi connectivity index (χ0) is 12.8. The van der Waals surface area contributed by atoms with Crippen LogP contribution in [0.25, 0.3) is 0 Å². The molecule has 1 saturated carbocycles. The van der Waals surface area contributed by atoms with E-state index in [2.05, 4.69) is 15.9 Å². The van der Waals surface area contributed by atoms with Gasteiger partial charge in [0.05, 0.1) is 12.0 Å². The lowest BCUT2D eigenvalue weighted by atomic mass is 9.65. The smallest absolute Gasteiger partial charge is 0.128 e. The third-order valence-corrected chi connectivity index (χ3v) is 5.60. The number of aldehydes is 1. The maximum absolute atomic E-state index is 11.3. The van der Waals surface area contributed by atoms with E-state index in [1.807, 2.05) is 24.3 Å². The van der Waals surface area contributed by atoms with E-state index in [0.717, 1.165) is 36.1 Å². The van der Waals surface area contributed by atoms with Crippen LogP contribution in [0.5, 0.6) is 0 Å². The Morgan fingerprint density at radius 2 is 2.06 bits per heavy atom. The van der Waals surface area contributed by atoms with Crippen LogP contribution in [0.2, 0.25) is 5.02 Å². The number of fused-ring (bicyclic) bond motifs is 3. The van der Waals surface area contributed by atoms with Crippen LogP contribution >= 0.6 is 27.5 Å². The monoisotopic (exact) mass is 328 g/mol. The summed E-state index contributed by atoms with van der Waals surface area (Å²) in [5.41, 5.74) is 0.575. The minimum atomic E-state index is -0.296. The highest BCUT2D eigenvalue weighted by Gasteiger charge is 2.55. The first kappa shape index (κ1) is 12.6. The lowest BCUT2D eigenvalue weighted by Gasteiger charge is -2.54. The highest BCUT2D eigenvalue weighted by molar-refractivity contribution is 9.09. The Morgan fingerprint density at radius 3 is 2.56 bits per heavy atom. The molecule has 2 nitrogen and oxygen atoms in total. The Kier molecular flexibility index (Phi) is 3.04. The van der Waals surface area contributed by atoms with Crippen molar-refractivity contribution in [3.8, 4) is 0 Å². The molecule has 1 aliphatic carbocycles. The lowest BCUT2D eigenvalue weighted by molar-refractivity contribution is -0.181. The summed E-state index contributed by atoms with van der Waals surface area (Å²) in [6, 6.07) is 7.83. The number of hydrogen-bond donors (Lipinski definition) is 0. The van der Waals surface area contributed by atoms with Crippen molar-refractivity contribution in [1.82, 2.24) is 0 Å². The molecule has 2 bridgehead atoms. The summed E-state index contributed by atoms with van der Waals surface area (Å²) in [6.07, 6.45) is 3.70. The molecule has 3 fully saturated rings. The SMILES string of the molecule is O=CC12CCC(c3ccc(Cl)cc3)(OC1)C(Br)C2. The van der Waals surface area contributed by atoms with E-state index in [4.69, 9.17) is 16.3 Å². The second-order valence-electron chi connectivity index (χ2n) is 5.34. The van der Waals surface area contributed by atoms with E-state index in [1.54, 1.807) is 0 Å². The van der Waals surface area contributed by atoms with E-state index in [0.29, 0.717) is 6.61 Å². The molecule has 4 rings (SSSR count). The van der Waals surface area contributed by atoms with Gasteiger partial charge in [0.2, 0.25) is 0 Å². The number of carbonyl (C=O) groups is 1. The van der Waals surface area contributed by atoms with E-state index in [1.165, 1.54) is 0 Å². The summed E-state index contributed by atoms with van der Waals surface area (Å²) in [4.78, 5) is 11.4. The fourth-order valence-electron chi connectivity index (χ4n) is 3.06. The molecule has 0 N–H and O–H groups in total. The van der Waals surface area contributed by atoms with E-state index in [9.17, 15) is 4.79 Å². The molecule has 3 aliphatic rings. The van der Waals surface area contributed by atoms with Gasteiger partial charge in [-0.15, -0.1) is 0 Å². The number of hydrogen-bond acceptors (Lipinski definition) is 2. The Balaban J connectivity index is 1.97. The fraction of sp³-hybridized carbons (Fsp3) is 0.500. The lowest BCUT2D eigenvalue weighted by Crippen LogP contribution is -2.56. The minimum Gasteiger partial charge on any atom is -0.368 e. The number of alkyl halides is 1. The van der Waals surface area contributed by atoms with Crippen molar-refractivity contribution in [2.45, 2.75) is 29.7 Å². The van der Waals surface area contributed by atoms with E-state index in [-0.39, 0.29) is 15.8 Å². The van der Waals surface area contributed by atoms with Gasteiger partial charge in [-0.1, -0.05) is 39.7 Å². The Hall–Kier alpha value is -0.380. The molecule has 1 aromatic carbocycles. The van der Waals surface area contributed by atoms with Gasteiger partial charge in [-0.25, -0.2) is 0 Å². The van der Waals surface area contributed by atoms with E-state index >= 15 is 0 Å². The van der Waals surface area contributed by atoms with Gasteiger partial charge in [-0.3, -0.25) is 0 Å². The van der Waals surface area contributed by atoms with Gasteiger partial charge in [0.25, 0.3) is 0 Å². The highest BCUT2D eigenvalue weighted by Crippen LogP contribution is 2.55. The molecule has 2 heterocycles. The van der Waals surface area contributed by atoms with Crippen LogP contribution in [0.4, 0.5) is 0 Å². The largest absolute Gasteiger partial charge is 0.368 e. The van der Waals surface area contributed by atoms with Gasteiger partial charge in [0.15, 0.2) is 0 Å². The molecule has 0 amide bonds. The van der Waals surface area contributed by atoms with Crippen molar-refractivity contribution in [1.29, 1.82) is 0 Å². The van der Waals surface area contributed by atoms with Crippen molar-refractivity contribution in [3.05, 3.63) is 34.9 Å². The third kappa shape index (κ3) is 1.75. The first-order valence-electron chi connectivity index (χ1n) is 6.11. The molecule has 1 aromatic rings. The predicted molar refractivity (Wildman–Crippen MR) is 74.1 cm³/mol. The molecule has 0 radical (unpaired) electrons.